The van der Waals surface area contributed by atoms with Crippen LogP contribution >= 0.6 is 0 Å². The summed E-state index contributed by atoms with van der Waals surface area (Å²) in [5.74, 6) is -1.68. The zero-order valence-corrected chi connectivity index (χ0v) is 11.2. The molecule has 0 saturated heterocycles. The number of halogens is 2. The first-order valence-electron chi connectivity index (χ1n) is 5.40. The molecule has 0 aliphatic rings. The molecule has 0 aromatic heterocycles. The zero-order valence-electron chi connectivity index (χ0n) is 10.4. The fourth-order valence-corrected chi connectivity index (χ4v) is 1.12. The Labute approximate surface area is 114 Å². The maximum Gasteiger partial charge on any atom is 0.402 e. The number of carbonyl (C=O) groups excluding carboxylic acids is 2. The van der Waals surface area contributed by atoms with E-state index in [1.165, 1.54) is 0 Å². The molecule has 0 radical (unpaired) electrons. The molecule has 0 bridgehead atoms. The Morgan fingerprint density at radius 2 is 1.85 bits per heavy atom. The third kappa shape index (κ3) is 7.14. The Morgan fingerprint density at radius 1 is 1.25 bits per heavy atom. The molecule has 20 heavy (non-hydrogen) atoms. The van der Waals surface area contributed by atoms with E-state index in [-0.39, 0.29) is 19.4 Å². The van der Waals surface area contributed by atoms with Gasteiger partial charge in [0.15, 0.2) is 6.61 Å². The maximum atomic E-state index is 12.7. The fourth-order valence-electron chi connectivity index (χ4n) is 0.914. The molecule has 116 valence electrons. The summed E-state index contributed by atoms with van der Waals surface area (Å²) in [4.78, 5) is 21.6. The standard InChI is InChI=1S/C10H14F2O7S/c1-2-8(13)18-6-4-3-5-9(14)19-7-10(11,12)20(15,16)17/h2H,1,3-7H2,(H,15,16,17). The van der Waals surface area contributed by atoms with Gasteiger partial charge in [-0.15, -0.1) is 0 Å². The van der Waals surface area contributed by atoms with Gasteiger partial charge in [-0.05, 0) is 12.8 Å². The van der Waals surface area contributed by atoms with Crippen LogP contribution in [0.1, 0.15) is 19.3 Å². The number of alkyl halides is 2. The molecule has 0 rings (SSSR count). The summed E-state index contributed by atoms with van der Waals surface area (Å²) >= 11 is 0. The fraction of sp³-hybridized carbons (Fsp3) is 0.600. The molecule has 0 aliphatic heterocycles. The van der Waals surface area contributed by atoms with Crippen LogP contribution in [0, 0.1) is 0 Å². The first-order valence-corrected chi connectivity index (χ1v) is 6.84. The van der Waals surface area contributed by atoms with Crippen LogP contribution in [0.2, 0.25) is 0 Å². The van der Waals surface area contributed by atoms with E-state index in [1.54, 1.807) is 0 Å². The topological polar surface area (TPSA) is 107 Å². The van der Waals surface area contributed by atoms with Crippen molar-refractivity contribution in [2.24, 2.45) is 0 Å². The first kappa shape index (κ1) is 18.4. The zero-order chi connectivity index (χ0) is 15.8. The third-order valence-electron chi connectivity index (χ3n) is 1.96. The molecule has 0 spiro atoms. The highest BCUT2D eigenvalue weighted by molar-refractivity contribution is 7.86. The van der Waals surface area contributed by atoms with E-state index in [0.717, 1.165) is 6.08 Å². The van der Waals surface area contributed by atoms with Gasteiger partial charge >= 0.3 is 27.3 Å². The van der Waals surface area contributed by atoms with Crippen molar-refractivity contribution >= 4 is 22.1 Å². The highest BCUT2D eigenvalue weighted by atomic mass is 32.2. The van der Waals surface area contributed by atoms with Crippen molar-refractivity contribution in [2.45, 2.75) is 24.5 Å². The van der Waals surface area contributed by atoms with Crippen LogP contribution in [0.5, 0.6) is 0 Å². The lowest BCUT2D eigenvalue weighted by molar-refractivity contribution is -0.149. The Bertz CT molecular complexity index is 458. The second-order valence-corrected chi connectivity index (χ2v) is 5.15. The second-order valence-electron chi connectivity index (χ2n) is 3.60. The molecule has 0 amide bonds. The Hall–Kier alpha value is -1.55. The van der Waals surface area contributed by atoms with E-state index >= 15 is 0 Å². The van der Waals surface area contributed by atoms with Gasteiger partial charge in [-0.3, -0.25) is 9.35 Å². The van der Waals surface area contributed by atoms with E-state index in [9.17, 15) is 26.8 Å². The van der Waals surface area contributed by atoms with E-state index in [4.69, 9.17) is 4.55 Å². The molecular formula is C10H14F2O7S. The van der Waals surface area contributed by atoms with Crippen molar-refractivity contribution in [3.05, 3.63) is 12.7 Å². The van der Waals surface area contributed by atoms with Crippen molar-refractivity contribution in [2.75, 3.05) is 13.2 Å². The van der Waals surface area contributed by atoms with Gasteiger partial charge < -0.3 is 9.47 Å². The molecular weight excluding hydrogens is 302 g/mol. The quantitative estimate of drug-likeness (QED) is 0.291. The molecule has 10 heteroatoms. The summed E-state index contributed by atoms with van der Waals surface area (Å²) in [5.41, 5.74) is 0. The van der Waals surface area contributed by atoms with Crippen LogP contribution in [0.25, 0.3) is 0 Å². The van der Waals surface area contributed by atoms with Gasteiger partial charge in [-0.1, -0.05) is 6.58 Å². The number of hydrogen-bond donors (Lipinski definition) is 1. The van der Waals surface area contributed by atoms with Gasteiger partial charge in [-0.25, -0.2) is 4.79 Å². The summed E-state index contributed by atoms with van der Waals surface area (Å²) in [5, 5.41) is -4.54. The van der Waals surface area contributed by atoms with Crippen molar-refractivity contribution in [1.29, 1.82) is 0 Å². The second kappa shape index (κ2) is 7.90. The number of esters is 2. The number of carbonyl (C=O) groups is 2. The molecule has 0 aliphatic carbocycles. The molecule has 0 saturated carbocycles. The largest absolute Gasteiger partial charge is 0.463 e. The van der Waals surface area contributed by atoms with Crippen molar-refractivity contribution in [3.8, 4) is 0 Å². The summed E-state index contributed by atoms with van der Waals surface area (Å²) in [6.07, 6.45) is 1.20. The monoisotopic (exact) mass is 316 g/mol. The summed E-state index contributed by atoms with van der Waals surface area (Å²) in [6, 6.07) is 0. The van der Waals surface area contributed by atoms with Crippen LogP contribution in [0.15, 0.2) is 12.7 Å². The van der Waals surface area contributed by atoms with Gasteiger partial charge in [-0.2, -0.15) is 17.2 Å². The Balaban J connectivity index is 3.86. The third-order valence-corrected chi connectivity index (χ3v) is 2.84. The summed E-state index contributed by atoms with van der Waals surface area (Å²) in [7, 11) is -5.62. The molecule has 0 atom stereocenters. The summed E-state index contributed by atoms with van der Waals surface area (Å²) in [6.45, 7) is 1.44. The smallest absolute Gasteiger partial charge is 0.402 e. The van der Waals surface area contributed by atoms with E-state index in [2.05, 4.69) is 16.1 Å². The molecule has 0 aromatic rings. The van der Waals surface area contributed by atoms with Gasteiger partial charge in [0, 0.05) is 12.5 Å². The van der Waals surface area contributed by atoms with Gasteiger partial charge in [0.2, 0.25) is 0 Å². The van der Waals surface area contributed by atoms with E-state index in [1.807, 2.05) is 0 Å². The average molecular weight is 316 g/mol. The number of hydrogen-bond acceptors (Lipinski definition) is 6. The van der Waals surface area contributed by atoms with Crippen LogP contribution in [0.3, 0.4) is 0 Å². The van der Waals surface area contributed by atoms with Crippen molar-refractivity contribution in [3.63, 3.8) is 0 Å². The predicted molar refractivity (Wildman–Crippen MR) is 62.5 cm³/mol. The van der Waals surface area contributed by atoms with Crippen LogP contribution < -0.4 is 0 Å². The first-order chi connectivity index (χ1) is 9.10. The minimum atomic E-state index is -5.62. The van der Waals surface area contributed by atoms with Gasteiger partial charge in [0.25, 0.3) is 0 Å². The Kier molecular flexibility index (Phi) is 7.29. The average Bonchev–Trinajstić information content (AvgIpc) is 2.34. The van der Waals surface area contributed by atoms with Crippen molar-refractivity contribution < 1.29 is 40.8 Å². The normalized spacial score (nSPS) is 11.8. The van der Waals surface area contributed by atoms with E-state index < -0.39 is 33.9 Å². The molecule has 0 unspecified atom stereocenters. The van der Waals surface area contributed by atoms with Crippen LogP contribution in [-0.2, 0) is 29.2 Å². The number of rotatable bonds is 9. The molecule has 0 aromatic carbocycles. The van der Waals surface area contributed by atoms with Crippen LogP contribution in [-0.4, -0.2) is 43.4 Å². The highest BCUT2D eigenvalue weighted by Gasteiger charge is 2.45. The lowest BCUT2D eigenvalue weighted by atomic mass is 10.2. The maximum absolute atomic E-state index is 12.7. The molecule has 1 N–H and O–H groups in total. The number of unbranched alkanes of at least 4 members (excludes halogenated alkanes) is 1. The minimum absolute atomic E-state index is 0.0271. The minimum Gasteiger partial charge on any atom is -0.463 e. The van der Waals surface area contributed by atoms with Crippen LogP contribution in [0.4, 0.5) is 8.78 Å². The van der Waals surface area contributed by atoms with Gasteiger partial charge in [0.1, 0.15) is 0 Å². The molecule has 0 heterocycles. The highest BCUT2D eigenvalue weighted by Crippen LogP contribution is 2.20. The molecule has 7 nitrogen and oxygen atoms in total. The molecule has 0 fully saturated rings. The summed E-state index contributed by atoms with van der Waals surface area (Å²) < 4.78 is 62.6. The Morgan fingerprint density at radius 3 is 2.35 bits per heavy atom. The lowest BCUT2D eigenvalue weighted by Crippen LogP contribution is -2.34. The van der Waals surface area contributed by atoms with Gasteiger partial charge in [0.05, 0.1) is 6.61 Å². The van der Waals surface area contributed by atoms with Crippen molar-refractivity contribution in [1.82, 2.24) is 0 Å². The predicted octanol–water partition coefficient (Wildman–Crippen LogP) is 0.910. The number of ether oxygens (including phenoxy) is 2. The lowest BCUT2D eigenvalue weighted by Gasteiger charge is -2.12. The van der Waals surface area contributed by atoms with E-state index in [0.29, 0.717) is 6.42 Å². The SMILES string of the molecule is C=CC(=O)OCCCCC(=O)OCC(F)(F)S(=O)(=O)O.